The first-order chi connectivity index (χ1) is 16.5. The Bertz CT molecular complexity index is 1290. The van der Waals surface area contributed by atoms with Gasteiger partial charge >= 0.3 is 0 Å². The molecule has 6 nitrogen and oxygen atoms in total. The van der Waals surface area contributed by atoms with Crippen molar-refractivity contribution in [3.8, 4) is 11.5 Å². The summed E-state index contributed by atoms with van der Waals surface area (Å²) in [6, 6.07) is 20.1. The molecule has 0 aliphatic heterocycles. The topological polar surface area (TPSA) is 61.5 Å². The summed E-state index contributed by atoms with van der Waals surface area (Å²) in [6.07, 6.45) is 1.71. The molecule has 0 aliphatic carbocycles. The maximum absolute atomic E-state index is 13.9. The zero-order chi connectivity index (χ0) is 23.9. The van der Waals surface area contributed by atoms with Gasteiger partial charge < -0.3 is 9.47 Å². The molecule has 3 aromatic carbocycles. The summed E-state index contributed by atoms with van der Waals surface area (Å²) in [5.41, 5.74) is 2.47. The van der Waals surface area contributed by atoms with E-state index in [9.17, 15) is 4.39 Å². The number of benzene rings is 3. The number of aryl methyl sites for hydroxylation is 1. The molecule has 4 aromatic rings. The molecule has 0 spiro atoms. The van der Waals surface area contributed by atoms with E-state index in [1.54, 1.807) is 54.0 Å². The van der Waals surface area contributed by atoms with Gasteiger partial charge in [0.25, 0.3) is 0 Å². The molecule has 0 aliphatic rings. The van der Waals surface area contributed by atoms with Gasteiger partial charge in [-0.1, -0.05) is 58.0 Å². The Balaban J connectivity index is 1.45. The Hall–Kier alpha value is -3.17. The lowest BCUT2D eigenvalue weighted by molar-refractivity contribution is 0.279. The average molecular weight is 541 g/mol. The lowest BCUT2D eigenvalue weighted by Crippen LogP contribution is -2.01. The summed E-state index contributed by atoms with van der Waals surface area (Å²) in [6.45, 7) is 1.96. The molecule has 1 aromatic heterocycles. The molecule has 0 amide bonds. The van der Waals surface area contributed by atoms with E-state index < -0.39 is 0 Å². The first kappa shape index (κ1) is 24.0. The number of hydrogen-bond donors (Lipinski definition) is 0. The Morgan fingerprint density at radius 3 is 2.62 bits per heavy atom. The van der Waals surface area contributed by atoms with E-state index in [1.165, 1.54) is 11.6 Å². The fraction of sp³-hybridized carbons (Fsp3) is 0.160. The third kappa shape index (κ3) is 6.03. The van der Waals surface area contributed by atoms with Crippen LogP contribution < -0.4 is 9.47 Å². The van der Waals surface area contributed by atoms with Crippen molar-refractivity contribution < 1.29 is 13.9 Å². The highest BCUT2D eigenvalue weighted by Gasteiger charge is 2.10. The van der Waals surface area contributed by atoms with Crippen LogP contribution in [0.15, 0.2) is 81.5 Å². The average Bonchev–Trinajstić information content (AvgIpc) is 3.21. The van der Waals surface area contributed by atoms with Gasteiger partial charge in [-0.05, 0) is 54.4 Å². The van der Waals surface area contributed by atoms with Crippen molar-refractivity contribution in [2.45, 2.75) is 24.4 Å². The van der Waals surface area contributed by atoms with Crippen LogP contribution in [0.25, 0.3) is 0 Å². The number of nitrogens with zero attached hydrogens (tertiary/aromatic N) is 4. The van der Waals surface area contributed by atoms with Crippen molar-refractivity contribution in [1.82, 2.24) is 14.9 Å². The number of halogens is 2. The maximum atomic E-state index is 13.9. The van der Waals surface area contributed by atoms with Gasteiger partial charge in [-0.2, -0.15) is 9.78 Å². The van der Waals surface area contributed by atoms with Crippen molar-refractivity contribution in [2.24, 2.45) is 5.10 Å². The molecule has 0 N–H and O–H groups in total. The van der Waals surface area contributed by atoms with E-state index >= 15 is 0 Å². The van der Waals surface area contributed by atoms with Gasteiger partial charge in [-0.15, -0.1) is 10.2 Å². The van der Waals surface area contributed by atoms with Gasteiger partial charge in [0, 0.05) is 15.8 Å². The van der Waals surface area contributed by atoms with Crippen LogP contribution in [0.4, 0.5) is 4.39 Å². The monoisotopic (exact) mass is 540 g/mol. The molecule has 0 saturated carbocycles. The van der Waals surface area contributed by atoms with E-state index in [1.807, 2.05) is 31.2 Å². The highest BCUT2D eigenvalue weighted by atomic mass is 79.9. The van der Waals surface area contributed by atoms with Crippen LogP contribution in [0, 0.1) is 12.7 Å². The number of rotatable bonds is 9. The highest BCUT2D eigenvalue weighted by Crippen LogP contribution is 2.29. The van der Waals surface area contributed by atoms with Gasteiger partial charge in [0.2, 0.25) is 5.16 Å². The molecule has 0 radical (unpaired) electrons. The standard InChI is InChI=1S/C25H22BrFN4O2S/c1-17-29-30-25(34-16-18-7-10-21(26)11-8-18)31(17)28-14-19-9-12-23(24(13-19)32-2)33-15-20-5-3-4-6-22(20)27/h3-14H,15-16H2,1-2H3/b28-14+. The number of aromatic nitrogens is 3. The van der Waals surface area contributed by atoms with Crippen molar-refractivity contribution in [3.05, 3.63) is 99.5 Å². The van der Waals surface area contributed by atoms with Crippen LogP contribution in [0.1, 0.15) is 22.5 Å². The minimum Gasteiger partial charge on any atom is -0.493 e. The van der Waals surface area contributed by atoms with Crippen LogP contribution in [-0.4, -0.2) is 28.2 Å². The Morgan fingerprint density at radius 2 is 1.85 bits per heavy atom. The number of methoxy groups -OCH3 is 1. The summed E-state index contributed by atoms with van der Waals surface area (Å²) >= 11 is 5.01. The fourth-order valence-electron chi connectivity index (χ4n) is 3.07. The molecule has 4 rings (SSSR count). The Morgan fingerprint density at radius 1 is 1.06 bits per heavy atom. The van der Waals surface area contributed by atoms with Crippen molar-refractivity contribution in [3.63, 3.8) is 0 Å². The second kappa shape index (κ2) is 11.3. The maximum Gasteiger partial charge on any atom is 0.212 e. The highest BCUT2D eigenvalue weighted by molar-refractivity contribution is 9.10. The van der Waals surface area contributed by atoms with E-state index in [-0.39, 0.29) is 12.4 Å². The third-order valence-corrected chi connectivity index (χ3v) is 6.42. The van der Waals surface area contributed by atoms with Crippen LogP contribution in [-0.2, 0) is 12.4 Å². The predicted molar refractivity (Wildman–Crippen MR) is 135 cm³/mol. The molecule has 0 unspecified atom stereocenters. The van der Waals surface area contributed by atoms with Crippen LogP contribution in [0.2, 0.25) is 0 Å². The number of thioether (sulfide) groups is 1. The molecular formula is C25H22BrFN4O2S. The molecule has 0 fully saturated rings. The summed E-state index contributed by atoms with van der Waals surface area (Å²) in [4.78, 5) is 0. The number of ether oxygens (including phenoxy) is 2. The van der Waals surface area contributed by atoms with Crippen LogP contribution in [0.3, 0.4) is 0 Å². The Labute approximate surface area is 210 Å². The quantitative estimate of drug-likeness (QED) is 0.185. The van der Waals surface area contributed by atoms with E-state index in [4.69, 9.17) is 9.47 Å². The second-order valence-electron chi connectivity index (χ2n) is 7.29. The molecule has 174 valence electrons. The summed E-state index contributed by atoms with van der Waals surface area (Å²) in [5.74, 6) is 2.19. The van der Waals surface area contributed by atoms with E-state index in [2.05, 4.69) is 43.4 Å². The smallest absolute Gasteiger partial charge is 0.212 e. The third-order valence-electron chi connectivity index (χ3n) is 4.90. The van der Waals surface area contributed by atoms with Gasteiger partial charge in [0.05, 0.1) is 13.3 Å². The van der Waals surface area contributed by atoms with Gasteiger partial charge in [0.15, 0.2) is 17.3 Å². The van der Waals surface area contributed by atoms with E-state index in [0.717, 1.165) is 15.8 Å². The minimum absolute atomic E-state index is 0.106. The predicted octanol–water partition coefficient (Wildman–Crippen LogP) is 6.25. The lowest BCUT2D eigenvalue weighted by Gasteiger charge is -2.11. The molecule has 9 heteroatoms. The number of hydrogen-bond acceptors (Lipinski definition) is 6. The van der Waals surface area contributed by atoms with Crippen LogP contribution in [0.5, 0.6) is 11.5 Å². The summed E-state index contributed by atoms with van der Waals surface area (Å²) in [7, 11) is 1.56. The zero-order valence-electron chi connectivity index (χ0n) is 18.6. The SMILES string of the molecule is COc1cc(/C=N/n2c(C)nnc2SCc2ccc(Br)cc2)ccc1OCc1ccccc1F. The second-order valence-corrected chi connectivity index (χ2v) is 9.15. The first-order valence-electron chi connectivity index (χ1n) is 10.4. The van der Waals surface area contributed by atoms with Gasteiger partial charge in [0.1, 0.15) is 12.4 Å². The lowest BCUT2D eigenvalue weighted by atomic mass is 10.2. The summed E-state index contributed by atoms with van der Waals surface area (Å²) < 4.78 is 27.9. The molecule has 1 heterocycles. The zero-order valence-corrected chi connectivity index (χ0v) is 21.0. The van der Waals surface area contributed by atoms with Gasteiger partial charge in [-0.3, -0.25) is 0 Å². The van der Waals surface area contributed by atoms with Crippen molar-refractivity contribution in [1.29, 1.82) is 0 Å². The first-order valence-corrected chi connectivity index (χ1v) is 12.2. The largest absolute Gasteiger partial charge is 0.493 e. The molecule has 0 bridgehead atoms. The Kier molecular flexibility index (Phi) is 7.97. The minimum atomic E-state index is -0.302. The molecule has 0 atom stereocenters. The molecular weight excluding hydrogens is 519 g/mol. The normalized spacial score (nSPS) is 11.2. The van der Waals surface area contributed by atoms with E-state index in [0.29, 0.717) is 28.0 Å². The van der Waals surface area contributed by atoms with Gasteiger partial charge in [-0.25, -0.2) is 4.39 Å². The van der Waals surface area contributed by atoms with Crippen LogP contribution >= 0.6 is 27.7 Å². The molecule has 0 saturated heterocycles. The molecule has 34 heavy (non-hydrogen) atoms. The fourth-order valence-corrected chi connectivity index (χ4v) is 4.22. The van der Waals surface area contributed by atoms with Crippen molar-refractivity contribution >= 4 is 33.9 Å². The summed E-state index contributed by atoms with van der Waals surface area (Å²) in [5, 5.41) is 13.7. The van der Waals surface area contributed by atoms with Crippen molar-refractivity contribution in [2.75, 3.05) is 7.11 Å².